The third-order valence-corrected chi connectivity index (χ3v) is 6.45. The molecule has 1 saturated heterocycles. The van der Waals surface area contributed by atoms with Crippen LogP contribution in [0.2, 0.25) is 5.02 Å². The predicted octanol–water partition coefficient (Wildman–Crippen LogP) is 2.51. The molecule has 28 heavy (non-hydrogen) atoms. The lowest BCUT2D eigenvalue weighted by molar-refractivity contribution is 0.244. The van der Waals surface area contributed by atoms with Gasteiger partial charge in [0.15, 0.2) is 0 Å². The minimum Gasteiger partial charge on any atom is -0.337 e. The summed E-state index contributed by atoms with van der Waals surface area (Å²) >= 11 is 5.84. The maximum Gasteiger partial charge on any atom is 0.244 e. The smallest absolute Gasteiger partial charge is 0.244 e. The molecule has 8 nitrogen and oxygen atoms in total. The Hall–Kier alpha value is -2.33. The van der Waals surface area contributed by atoms with E-state index in [2.05, 4.69) is 19.8 Å². The summed E-state index contributed by atoms with van der Waals surface area (Å²) in [6.45, 7) is 0.532. The van der Waals surface area contributed by atoms with E-state index in [4.69, 9.17) is 16.1 Å². The van der Waals surface area contributed by atoms with E-state index in [-0.39, 0.29) is 17.0 Å². The standard InChI is InChI=1S/C18H18ClN5O3S/c1-24-11-14(23-28(25,26)15-4-2-13(19)3-5-15)10-16(24)18-21-17(22-27-18)12-6-8-20-9-7-12/h2-9,14,16,23H,10-11H2,1H3/t14-,16-/m0/s1. The quantitative estimate of drug-likeness (QED) is 0.677. The molecule has 1 fully saturated rings. The van der Waals surface area contributed by atoms with Crippen molar-refractivity contribution in [3.05, 3.63) is 59.7 Å². The first kappa shape index (κ1) is 19.0. The first-order valence-corrected chi connectivity index (χ1v) is 10.5. The van der Waals surface area contributed by atoms with Crippen LogP contribution in [0, 0.1) is 0 Å². The van der Waals surface area contributed by atoms with Crippen molar-refractivity contribution in [1.82, 2.24) is 24.7 Å². The van der Waals surface area contributed by atoms with Crippen molar-refractivity contribution in [2.75, 3.05) is 13.6 Å². The number of likely N-dealkylation sites (N-methyl/N-ethyl adjacent to an activating group) is 1. The monoisotopic (exact) mass is 419 g/mol. The summed E-state index contributed by atoms with van der Waals surface area (Å²) in [5.74, 6) is 0.943. The zero-order valence-electron chi connectivity index (χ0n) is 15.0. The Labute approximate surface area is 167 Å². The average Bonchev–Trinajstić information content (AvgIpc) is 3.29. The number of hydrogen-bond acceptors (Lipinski definition) is 7. The normalized spacial score (nSPS) is 20.5. The van der Waals surface area contributed by atoms with Crippen LogP contribution in [0.3, 0.4) is 0 Å². The van der Waals surface area contributed by atoms with E-state index in [1.165, 1.54) is 12.1 Å². The molecular weight excluding hydrogens is 402 g/mol. The highest BCUT2D eigenvalue weighted by Gasteiger charge is 2.36. The van der Waals surface area contributed by atoms with E-state index < -0.39 is 10.0 Å². The SMILES string of the molecule is CN1C[C@@H](NS(=O)(=O)c2ccc(Cl)cc2)C[C@H]1c1nc(-c2ccncc2)no1. The highest BCUT2D eigenvalue weighted by Crippen LogP contribution is 2.31. The molecule has 2 aromatic heterocycles. The molecular formula is C18H18ClN5O3S. The minimum atomic E-state index is -3.64. The van der Waals surface area contributed by atoms with E-state index >= 15 is 0 Å². The van der Waals surface area contributed by atoms with Crippen LogP contribution in [-0.2, 0) is 10.0 Å². The number of nitrogens with zero attached hydrogens (tertiary/aromatic N) is 4. The number of benzene rings is 1. The van der Waals surface area contributed by atoms with Crippen molar-refractivity contribution in [3.63, 3.8) is 0 Å². The molecule has 0 amide bonds. The number of rotatable bonds is 5. The summed E-state index contributed by atoms with van der Waals surface area (Å²) in [5, 5.41) is 4.52. The van der Waals surface area contributed by atoms with Gasteiger partial charge in [0.25, 0.3) is 0 Å². The molecule has 10 heteroatoms. The number of aromatic nitrogens is 3. The van der Waals surface area contributed by atoms with Crippen molar-refractivity contribution in [1.29, 1.82) is 0 Å². The number of pyridine rings is 1. The lowest BCUT2D eigenvalue weighted by atomic mass is 10.2. The Bertz CT molecular complexity index is 1060. The van der Waals surface area contributed by atoms with Gasteiger partial charge in [-0.1, -0.05) is 16.8 Å². The first-order chi connectivity index (χ1) is 13.4. The van der Waals surface area contributed by atoms with E-state index in [9.17, 15) is 8.42 Å². The zero-order chi connectivity index (χ0) is 19.7. The lowest BCUT2D eigenvalue weighted by Gasteiger charge is -2.14. The van der Waals surface area contributed by atoms with Gasteiger partial charge in [0.05, 0.1) is 10.9 Å². The molecule has 0 radical (unpaired) electrons. The van der Waals surface area contributed by atoms with Gasteiger partial charge in [0.1, 0.15) is 0 Å². The largest absolute Gasteiger partial charge is 0.337 e. The van der Waals surface area contributed by atoms with Crippen LogP contribution in [0.1, 0.15) is 18.4 Å². The maximum absolute atomic E-state index is 12.6. The van der Waals surface area contributed by atoms with Crippen molar-refractivity contribution in [3.8, 4) is 11.4 Å². The van der Waals surface area contributed by atoms with Gasteiger partial charge in [-0.05, 0) is 49.9 Å². The summed E-state index contributed by atoms with van der Waals surface area (Å²) in [6, 6.07) is 9.25. The highest BCUT2D eigenvalue weighted by molar-refractivity contribution is 7.89. The van der Waals surface area contributed by atoms with Gasteiger partial charge in [-0.3, -0.25) is 9.88 Å². The van der Waals surface area contributed by atoms with Crippen LogP contribution < -0.4 is 4.72 Å². The Morgan fingerprint density at radius 3 is 2.61 bits per heavy atom. The third-order valence-electron chi connectivity index (χ3n) is 4.66. The van der Waals surface area contributed by atoms with Gasteiger partial charge in [-0.2, -0.15) is 4.98 Å². The molecule has 1 N–H and O–H groups in total. The maximum atomic E-state index is 12.6. The summed E-state index contributed by atoms with van der Waals surface area (Å²) in [4.78, 5) is 10.6. The molecule has 0 unspecified atom stereocenters. The van der Waals surface area contributed by atoms with Crippen LogP contribution in [0.25, 0.3) is 11.4 Å². The molecule has 2 atom stereocenters. The second-order valence-electron chi connectivity index (χ2n) is 6.66. The molecule has 0 bridgehead atoms. The van der Waals surface area contributed by atoms with Crippen LogP contribution in [0.15, 0.2) is 58.2 Å². The first-order valence-electron chi connectivity index (χ1n) is 8.64. The topological polar surface area (TPSA) is 101 Å². The Morgan fingerprint density at radius 2 is 1.89 bits per heavy atom. The molecule has 0 aliphatic carbocycles. The van der Waals surface area contributed by atoms with Gasteiger partial charge < -0.3 is 4.52 Å². The summed E-state index contributed by atoms with van der Waals surface area (Å²) < 4.78 is 33.4. The molecule has 1 aliphatic heterocycles. The lowest BCUT2D eigenvalue weighted by Crippen LogP contribution is -2.36. The second-order valence-corrected chi connectivity index (χ2v) is 8.81. The summed E-state index contributed by atoms with van der Waals surface area (Å²) in [5.41, 5.74) is 0.811. The van der Waals surface area contributed by atoms with Crippen molar-refractivity contribution in [2.45, 2.75) is 23.4 Å². The Kier molecular flexibility index (Phi) is 5.15. The van der Waals surface area contributed by atoms with Gasteiger partial charge in [-0.25, -0.2) is 13.1 Å². The molecule has 3 heterocycles. The molecule has 146 valence electrons. The van der Waals surface area contributed by atoms with E-state index in [0.29, 0.717) is 29.7 Å². The fourth-order valence-corrected chi connectivity index (χ4v) is 4.63. The van der Waals surface area contributed by atoms with Crippen LogP contribution in [0.4, 0.5) is 0 Å². The molecule has 0 saturated carbocycles. The van der Waals surface area contributed by atoms with Crippen molar-refractivity contribution in [2.24, 2.45) is 0 Å². The van der Waals surface area contributed by atoms with Gasteiger partial charge in [-0.15, -0.1) is 0 Å². The third kappa shape index (κ3) is 3.93. The van der Waals surface area contributed by atoms with Gasteiger partial charge >= 0.3 is 0 Å². The number of likely N-dealkylation sites (tertiary alicyclic amines) is 1. The van der Waals surface area contributed by atoms with Crippen molar-refractivity contribution < 1.29 is 12.9 Å². The molecule has 3 aromatic rings. The molecule has 0 spiro atoms. The second kappa shape index (κ2) is 7.59. The number of hydrogen-bond donors (Lipinski definition) is 1. The van der Waals surface area contributed by atoms with E-state index in [1.54, 1.807) is 36.7 Å². The Morgan fingerprint density at radius 1 is 1.18 bits per heavy atom. The highest BCUT2D eigenvalue weighted by atomic mass is 35.5. The van der Waals surface area contributed by atoms with Crippen molar-refractivity contribution >= 4 is 21.6 Å². The fraction of sp³-hybridized carbons (Fsp3) is 0.278. The number of halogens is 1. The van der Waals surface area contributed by atoms with Crippen LogP contribution in [-0.4, -0.2) is 48.1 Å². The minimum absolute atomic E-state index is 0.166. The Balaban J connectivity index is 1.48. The molecule has 1 aliphatic rings. The molecule has 1 aromatic carbocycles. The van der Waals surface area contributed by atoms with E-state index in [0.717, 1.165) is 5.56 Å². The summed E-state index contributed by atoms with van der Waals surface area (Å²) in [6.07, 6.45) is 3.85. The van der Waals surface area contributed by atoms with Crippen LogP contribution >= 0.6 is 11.6 Å². The van der Waals surface area contributed by atoms with Crippen LogP contribution in [0.5, 0.6) is 0 Å². The average molecular weight is 420 g/mol. The summed E-state index contributed by atoms with van der Waals surface area (Å²) in [7, 11) is -1.74. The van der Waals surface area contributed by atoms with Gasteiger partial charge in [0.2, 0.25) is 21.7 Å². The fourth-order valence-electron chi connectivity index (χ4n) is 3.26. The number of nitrogens with one attached hydrogen (secondary N) is 1. The van der Waals surface area contributed by atoms with E-state index in [1.807, 2.05) is 11.9 Å². The zero-order valence-corrected chi connectivity index (χ0v) is 16.6. The molecule has 4 rings (SSSR count). The predicted molar refractivity (Wildman–Crippen MR) is 103 cm³/mol. The number of sulfonamides is 1. The van der Waals surface area contributed by atoms with Gasteiger partial charge in [0, 0.05) is 35.6 Å².